The van der Waals surface area contributed by atoms with E-state index in [4.69, 9.17) is 61.5 Å². The number of hydrogen-bond donors (Lipinski definition) is 10. The standard InChI is InChI=1S/C25H17ClFN5O2S.C24H25ClFN7O3S2.C19H20ClFN6O2S/c26-18-12-15(8-11-19(18)27)31-23-20-21(28)22(35-25(20)30-13-29-23)24(33)32-14-6-9-17(10-7-14)34-16-4-2-1-3-5-16;1-33(2)11-3-10-30-38(35,36)16-7-4-14(5-8-16)32-23(34)21-20(27)19-22(28-13-29-24(19)37-21)31-15-6-9-18(26)17(25)12-15;20-12-9-11(1-2-13(12)21)26-17-14-15(22)16(30-19(14)25-10-24-17)18(28)23-3-4-27-5-7-29-8-6-27/h1-13H,28H2,(H,32,33)(H,29,30,31);4-9,12-13,30H,3,10-11,27H2,1-2H3,(H,32,34)(H,28,29,31);1-2,9-10H,3-8,22H2,(H,23,28)(H,24,25,26). The molecule has 0 spiro atoms. The number of morpholine rings is 1. The average Bonchev–Trinajstić information content (AvgIpc) is 1.61. The summed E-state index contributed by atoms with van der Waals surface area (Å²) in [7, 11) is 0.171. The van der Waals surface area contributed by atoms with Crippen LogP contribution in [0.25, 0.3) is 30.6 Å². The van der Waals surface area contributed by atoms with Gasteiger partial charge in [0.15, 0.2) is 0 Å². The molecular formula is C68H62Cl3F3N18O7S4. The van der Waals surface area contributed by atoms with Gasteiger partial charge in [0.25, 0.3) is 17.7 Å². The molecule has 1 aliphatic rings. The molecule has 0 radical (unpaired) electrons. The Bertz CT molecular complexity index is 5180. The van der Waals surface area contributed by atoms with Gasteiger partial charge in [0, 0.05) is 61.2 Å². The van der Waals surface area contributed by atoms with Gasteiger partial charge in [0.05, 0.1) is 66.4 Å². The number of anilines is 11. The van der Waals surface area contributed by atoms with Crippen molar-refractivity contribution in [1.29, 1.82) is 0 Å². The van der Waals surface area contributed by atoms with E-state index >= 15 is 0 Å². The van der Waals surface area contributed by atoms with E-state index in [0.29, 0.717) is 130 Å². The largest absolute Gasteiger partial charge is 0.457 e. The van der Waals surface area contributed by atoms with E-state index in [-0.39, 0.29) is 48.0 Å². The second-order valence-corrected chi connectivity index (χ2v) is 28.6. The van der Waals surface area contributed by atoms with Gasteiger partial charge < -0.3 is 63.5 Å². The van der Waals surface area contributed by atoms with Crippen molar-refractivity contribution in [2.24, 2.45) is 0 Å². The summed E-state index contributed by atoms with van der Waals surface area (Å²) in [6.45, 7) is 5.49. The lowest BCUT2D eigenvalue weighted by molar-refractivity contribution is 0.0383. The van der Waals surface area contributed by atoms with Gasteiger partial charge in [-0.3, -0.25) is 19.3 Å². The molecule has 103 heavy (non-hydrogen) atoms. The van der Waals surface area contributed by atoms with Gasteiger partial charge in [0.1, 0.15) is 94.5 Å². The first-order valence-electron chi connectivity index (χ1n) is 31.1. The van der Waals surface area contributed by atoms with Crippen molar-refractivity contribution in [3.8, 4) is 11.5 Å². The number of rotatable bonds is 22. The molecule has 532 valence electrons. The molecule has 13 rings (SSSR count). The van der Waals surface area contributed by atoms with Crippen LogP contribution in [0.1, 0.15) is 35.4 Å². The van der Waals surface area contributed by atoms with Gasteiger partial charge in [-0.2, -0.15) is 0 Å². The molecule has 35 heteroatoms. The van der Waals surface area contributed by atoms with Crippen LogP contribution < -0.4 is 58.6 Å². The number of thiophene rings is 3. The summed E-state index contributed by atoms with van der Waals surface area (Å²) in [5.74, 6) is -0.218. The second-order valence-electron chi connectivity index (χ2n) is 22.6. The third kappa shape index (κ3) is 18.8. The Morgan fingerprint density at radius 3 is 1.36 bits per heavy atom. The third-order valence-electron chi connectivity index (χ3n) is 15.1. The number of sulfonamides is 1. The minimum Gasteiger partial charge on any atom is -0.457 e. The summed E-state index contributed by atoms with van der Waals surface area (Å²) < 4.78 is 79.1. The zero-order valence-corrected chi connectivity index (χ0v) is 59.9. The Morgan fingerprint density at radius 1 is 0.544 bits per heavy atom. The number of carbonyl (C=O) groups is 3. The molecule has 13 N–H and O–H groups in total. The minimum atomic E-state index is -3.67. The van der Waals surface area contributed by atoms with E-state index in [2.05, 4.69) is 71.4 Å². The fraction of sp³-hybridized carbons (Fsp3) is 0.162. The Hall–Kier alpha value is -10.1. The maximum Gasteiger partial charge on any atom is 0.267 e. The summed E-state index contributed by atoms with van der Waals surface area (Å²) in [4.78, 5) is 70.8. The maximum atomic E-state index is 13.5. The number of hydrogen-bond acceptors (Lipinski definition) is 24. The predicted octanol–water partition coefficient (Wildman–Crippen LogP) is 14.0. The van der Waals surface area contributed by atoms with Crippen LogP contribution in [0.2, 0.25) is 15.1 Å². The molecule has 0 atom stereocenters. The van der Waals surface area contributed by atoms with Gasteiger partial charge in [0.2, 0.25) is 10.0 Å². The number of ether oxygens (including phenoxy) is 2. The summed E-state index contributed by atoms with van der Waals surface area (Å²) in [6, 6.07) is 34.8. The summed E-state index contributed by atoms with van der Waals surface area (Å²) >= 11 is 21.0. The lowest BCUT2D eigenvalue weighted by Gasteiger charge is -2.26. The molecule has 1 saturated heterocycles. The molecule has 1 aliphatic heterocycles. The second kappa shape index (κ2) is 33.8. The SMILES string of the molecule is CN(C)CCCNS(=O)(=O)c1ccc(NC(=O)c2sc3ncnc(Nc4ccc(F)c(Cl)c4)c3c2N)cc1.Nc1c(C(=O)NCCN2CCOCC2)sc2ncnc(Nc3ccc(F)c(Cl)c3)c12.Nc1c(C(=O)Nc2ccc(Oc3ccccc3)cc2)sc2ncnc(Nc3ccc(F)c(Cl)c3)c12. The number of amides is 3. The number of nitrogens with two attached hydrogens (primary N) is 3. The van der Waals surface area contributed by atoms with E-state index in [1.807, 2.05) is 49.3 Å². The molecule has 3 amide bonds. The van der Waals surface area contributed by atoms with Crippen LogP contribution in [0.15, 0.2) is 157 Å². The quantitative estimate of drug-likeness (QED) is 0.0282. The Balaban J connectivity index is 0.000000156. The Labute approximate surface area is 614 Å². The molecule has 6 aromatic heterocycles. The number of carbonyl (C=O) groups excluding carboxylic acids is 3. The number of nitrogens with one attached hydrogen (secondary N) is 7. The van der Waals surface area contributed by atoms with Crippen molar-refractivity contribution >= 4 is 190 Å². The van der Waals surface area contributed by atoms with Crippen molar-refractivity contribution in [3.63, 3.8) is 0 Å². The molecular weight excluding hydrogens is 1470 g/mol. The highest BCUT2D eigenvalue weighted by molar-refractivity contribution is 7.89. The first kappa shape index (κ1) is 74.1. The maximum absolute atomic E-state index is 13.5. The molecule has 0 bridgehead atoms. The van der Waals surface area contributed by atoms with Crippen molar-refractivity contribution in [2.75, 3.05) is 110 Å². The summed E-state index contributed by atoms with van der Waals surface area (Å²) in [5, 5.41) is 19.0. The van der Waals surface area contributed by atoms with Crippen LogP contribution in [0.4, 0.5) is 76.1 Å². The minimum absolute atomic E-state index is 0.0103. The van der Waals surface area contributed by atoms with Crippen LogP contribution in [0.5, 0.6) is 11.5 Å². The van der Waals surface area contributed by atoms with Gasteiger partial charge in [-0.1, -0.05) is 53.0 Å². The van der Waals surface area contributed by atoms with Crippen LogP contribution in [-0.2, 0) is 14.8 Å². The Morgan fingerprint density at radius 2 is 0.942 bits per heavy atom. The van der Waals surface area contributed by atoms with E-state index in [1.54, 1.807) is 24.3 Å². The smallest absolute Gasteiger partial charge is 0.267 e. The van der Waals surface area contributed by atoms with E-state index in [1.165, 1.54) is 109 Å². The predicted molar refractivity (Wildman–Crippen MR) is 403 cm³/mol. The molecule has 25 nitrogen and oxygen atoms in total. The van der Waals surface area contributed by atoms with Gasteiger partial charge in [-0.15, -0.1) is 34.0 Å². The summed E-state index contributed by atoms with van der Waals surface area (Å²) in [5.41, 5.74) is 22.2. The van der Waals surface area contributed by atoms with Gasteiger partial charge >= 0.3 is 0 Å². The monoisotopic (exact) mass is 1530 g/mol. The van der Waals surface area contributed by atoms with Crippen molar-refractivity contribution in [2.45, 2.75) is 11.3 Å². The first-order valence-corrected chi connectivity index (χ1v) is 36.2. The van der Waals surface area contributed by atoms with Crippen LogP contribution in [0, 0.1) is 17.5 Å². The molecule has 1 fully saturated rings. The zero-order valence-electron chi connectivity index (χ0n) is 54.4. The average molecular weight is 1530 g/mol. The molecule has 7 heterocycles. The Kier molecular flexibility index (Phi) is 24.3. The van der Waals surface area contributed by atoms with E-state index in [0.717, 1.165) is 54.6 Å². The lowest BCUT2D eigenvalue weighted by atomic mass is 10.2. The van der Waals surface area contributed by atoms with Crippen LogP contribution in [-0.4, -0.2) is 132 Å². The number of benzene rings is 6. The highest BCUT2D eigenvalue weighted by Gasteiger charge is 2.25. The molecule has 0 unspecified atom stereocenters. The normalized spacial score (nSPS) is 12.3. The summed E-state index contributed by atoms with van der Waals surface area (Å²) in [6.07, 6.45) is 4.74. The van der Waals surface area contributed by atoms with Gasteiger partial charge in [-0.05, 0) is 142 Å². The number of nitrogen functional groups attached to an aromatic ring is 3. The fourth-order valence-electron chi connectivity index (χ4n) is 10.0. The lowest BCUT2D eigenvalue weighted by Crippen LogP contribution is -2.41. The number of aromatic nitrogens is 6. The molecule has 0 aliphatic carbocycles. The fourth-order valence-corrected chi connectivity index (χ4v) is 14.5. The number of para-hydroxylation sites is 1. The van der Waals surface area contributed by atoms with Crippen LogP contribution >= 0.6 is 68.8 Å². The zero-order chi connectivity index (χ0) is 72.9. The number of nitrogens with zero attached hydrogens (tertiary/aromatic N) is 8. The van der Waals surface area contributed by atoms with Crippen molar-refractivity contribution in [1.82, 2.24) is 49.7 Å². The highest BCUT2D eigenvalue weighted by atomic mass is 35.5. The molecule has 0 saturated carbocycles. The van der Waals surface area contributed by atoms with Crippen LogP contribution in [0.3, 0.4) is 0 Å². The van der Waals surface area contributed by atoms with E-state index < -0.39 is 33.4 Å². The van der Waals surface area contributed by atoms with Crippen molar-refractivity contribution < 1.29 is 45.4 Å². The topological polar surface area (TPSA) is 350 Å². The number of halogens is 6. The van der Waals surface area contributed by atoms with Gasteiger partial charge in [-0.25, -0.2) is 56.2 Å². The van der Waals surface area contributed by atoms with E-state index in [9.17, 15) is 36.0 Å². The molecule has 6 aromatic carbocycles. The van der Waals surface area contributed by atoms with Crippen molar-refractivity contribution in [3.05, 3.63) is 200 Å². The molecule has 12 aromatic rings. The highest BCUT2D eigenvalue weighted by Crippen LogP contribution is 2.41. The number of fused-ring (bicyclic) bond motifs is 3. The third-order valence-corrected chi connectivity index (χ3v) is 20.8. The first-order chi connectivity index (χ1) is 49.5.